The van der Waals surface area contributed by atoms with Crippen molar-refractivity contribution in [1.29, 1.82) is 0 Å². The second-order valence-electron chi connectivity index (χ2n) is 7.17. The Morgan fingerprint density at radius 1 is 1.42 bits per heavy atom. The standard InChI is InChI=1S/C16H23N5O5/c1-2-8(22)10-5-9(23)14(26-10)21-12-11(13(24)19-15(17)18-12)20(16(21)25)6-7-3-4-7/h7-10,14,22-23H,2-6H2,1H3,(H3,17,18,19,24)/t8?,9-,10+,14-/m1/s1. The first-order valence-electron chi connectivity index (χ1n) is 8.92. The molecule has 0 amide bonds. The molecule has 5 N–H and O–H groups in total. The summed E-state index contributed by atoms with van der Waals surface area (Å²) in [6.45, 7) is 2.23. The first kappa shape index (κ1) is 17.3. The molecular weight excluding hydrogens is 342 g/mol. The van der Waals surface area contributed by atoms with E-state index in [0.717, 1.165) is 12.8 Å². The van der Waals surface area contributed by atoms with E-state index in [1.807, 2.05) is 6.92 Å². The number of anilines is 1. The van der Waals surface area contributed by atoms with Crippen LogP contribution >= 0.6 is 0 Å². The van der Waals surface area contributed by atoms with Crippen molar-refractivity contribution in [3.05, 3.63) is 20.8 Å². The van der Waals surface area contributed by atoms with Gasteiger partial charge in [-0.2, -0.15) is 4.98 Å². The number of H-pyrrole nitrogens is 1. The van der Waals surface area contributed by atoms with Gasteiger partial charge in [0.1, 0.15) is 6.10 Å². The van der Waals surface area contributed by atoms with Crippen LogP contribution in [0.1, 0.15) is 38.8 Å². The predicted molar refractivity (Wildman–Crippen MR) is 92.6 cm³/mol. The van der Waals surface area contributed by atoms with Crippen LogP contribution < -0.4 is 17.0 Å². The summed E-state index contributed by atoms with van der Waals surface area (Å²) >= 11 is 0. The molecule has 2 aliphatic rings. The topological polar surface area (TPSA) is 148 Å². The minimum absolute atomic E-state index is 0.0904. The van der Waals surface area contributed by atoms with Gasteiger partial charge in [-0.05, 0) is 25.2 Å². The van der Waals surface area contributed by atoms with Crippen LogP contribution in [0.15, 0.2) is 9.59 Å². The molecule has 26 heavy (non-hydrogen) atoms. The Labute approximate surface area is 148 Å². The average Bonchev–Trinajstić information content (AvgIpc) is 3.27. The predicted octanol–water partition coefficient (Wildman–Crippen LogP) is -0.702. The number of aliphatic hydroxyl groups is 2. The molecule has 1 saturated heterocycles. The summed E-state index contributed by atoms with van der Waals surface area (Å²) in [6.07, 6.45) is -0.682. The zero-order valence-electron chi connectivity index (χ0n) is 14.5. The number of rotatable bonds is 5. The maximum atomic E-state index is 13.0. The summed E-state index contributed by atoms with van der Waals surface area (Å²) in [5.74, 6) is 0.241. The molecule has 10 nitrogen and oxygen atoms in total. The number of nitrogens with one attached hydrogen (secondary N) is 1. The number of fused-ring (bicyclic) bond motifs is 1. The third kappa shape index (κ3) is 2.74. The highest BCUT2D eigenvalue weighted by Gasteiger charge is 2.41. The van der Waals surface area contributed by atoms with Gasteiger partial charge in [-0.25, -0.2) is 9.36 Å². The maximum Gasteiger partial charge on any atom is 0.332 e. The van der Waals surface area contributed by atoms with Crippen molar-refractivity contribution in [3.8, 4) is 0 Å². The number of nitrogens with two attached hydrogens (primary N) is 1. The fraction of sp³-hybridized carbons (Fsp3) is 0.688. The quantitative estimate of drug-likeness (QED) is 0.547. The monoisotopic (exact) mass is 365 g/mol. The van der Waals surface area contributed by atoms with Gasteiger partial charge in [0.25, 0.3) is 5.56 Å². The molecule has 1 saturated carbocycles. The Morgan fingerprint density at radius 2 is 2.15 bits per heavy atom. The lowest BCUT2D eigenvalue weighted by Crippen LogP contribution is -2.32. The third-order valence-corrected chi connectivity index (χ3v) is 5.19. The zero-order chi connectivity index (χ0) is 18.6. The lowest BCUT2D eigenvalue weighted by Gasteiger charge is -2.18. The van der Waals surface area contributed by atoms with Gasteiger partial charge in [0, 0.05) is 13.0 Å². The third-order valence-electron chi connectivity index (χ3n) is 5.19. The maximum absolute atomic E-state index is 13.0. The Morgan fingerprint density at radius 3 is 2.81 bits per heavy atom. The molecule has 10 heteroatoms. The number of ether oxygens (including phenoxy) is 1. The molecule has 1 unspecified atom stereocenters. The molecule has 2 aromatic heterocycles. The van der Waals surface area contributed by atoms with Crippen molar-refractivity contribution in [2.45, 2.75) is 63.7 Å². The van der Waals surface area contributed by atoms with E-state index >= 15 is 0 Å². The number of aromatic amines is 1. The minimum atomic E-state index is -1.02. The summed E-state index contributed by atoms with van der Waals surface area (Å²) < 4.78 is 8.35. The molecule has 2 aromatic rings. The molecule has 0 aromatic carbocycles. The first-order valence-corrected chi connectivity index (χ1v) is 8.92. The highest BCUT2D eigenvalue weighted by molar-refractivity contribution is 5.71. The van der Waals surface area contributed by atoms with Crippen molar-refractivity contribution in [1.82, 2.24) is 19.1 Å². The zero-order valence-corrected chi connectivity index (χ0v) is 14.5. The Balaban J connectivity index is 1.86. The number of imidazole rings is 1. The number of aromatic nitrogens is 4. The van der Waals surface area contributed by atoms with E-state index in [0.29, 0.717) is 18.9 Å². The van der Waals surface area contributed by atoms with Crippen LogP contribution in [0.5, 0.6) is 0 Å². The molecule has 1 aliphatic carbocycles. The number of nitrogens with zero attached hydrogens (tertiary/aromatic N) is 3. The van der Waals surface area contributed by atoms with Gasteiger partial charge in [-0.15, -0.1) is 0 Å². The van der Waals surface area contributed by atoms with E-state index in [2.05, 4.69) is 9.97 Å². The molecule has 2 fully saturated rings. The number of aliphatic hydroxyl groups excluding tert-OH is 2. The van der Waals surface area contributed by atoms with Gasteiger partial charge in [-0.3, -0.25) is 14.3 Å². The molecule has 1 aliphatic heterocycles. The van der Waals surface area contributed by atoms with Gasteiger partial charge in [0.2, 0.25) is 5.95 Å². The van der Waals surface area contributed by atoms with Gasteiger partial charge >= 0.3 is 5.69 Å². The van der Waals surface area contributed by atoms with Gasteiger partial charge in [-0.1, -0.05) is 6.92 Å². The van der Waals surface area contributed by atoms with Crippen molar-refractivity contribution in [2.24, 2.45) is 5.92 Å². The normalized spacial score (nSPS) is 27.3. The molecule has 3 heterocycles. The van der Waals surface area contributed by atoms with Gasteiger partial charge in [0.05, 0.1) is 12.2 Å². The first-order chi connectivity index (χ1) is 12.4. The van der Waals surface area contributed by atoms with E-state index in [1.165, 1.54) is 9.13 Å². The van der Waals surface area contributed by atoms with Crippen molar-refractivity contribution in [3.63, 3.8) is 0 Å². The fourth-order valence-corrected chi connectivity index (χ4v) is 3.58. The highest BCUT2D eigenvalue weighted by Crippen LogP contribution is 2.34. The second-order valence-corrected chi connectivity index (χ2v) is 7.17. The SMILES string of the molecule is CCC(O)[C@@H]1C[C@@H](O)[C@H](n2c(=O)n(CC3CC3)c3c(=O)[nH]c(N)nc32)O1. The van der Waals surface area contributed by atoms with Crippen molar-refractivity contribution < 1.29 is 14.9 Å². The second kappa shape index (κ2) is 6.22. The van der Waals surface area contributed by atoms with Crippen LogP contribution in [0, 0.1) is 5.92 Å². The Kier molecular flexibility index (Phi) is 4.13. The summed E-state index contributed by atoms with van der Waals surface area (Å²) in [6, 6.07) is 0. The largest absolute Gasteiger partial charge is 0.390 e. The summed E-state index contributed by atoms with van der Waals surface area (Å²) in [4.78, 5) is 32.0. The van der Waals surface area contributed by atoms with E-state index in [1.54, 1.807) is 0 Å². The van der Waals surface area contributed by atoms with E-state index in [9.17, 15) is 19.8 Å². The molecular formula is C16H23N5O5. The average molecular weight is 365 g/mol. The number of hydrogen-bond acceptors (Lipinski definition) is 7. The highest BCUT2D eigenvalue weighted by atomic mass is 16.5. The van der Waals surface area contributed by atoms with E-state index < -0.39 is 35.8 Å². The van der Waals surface area contributed by atoms with Crippen molar-refractivity contribution in [2.75, 3.05) is 5.73 Å². The Bertz CT molecular complexity index is 943. The van der Waals surface area contributed by atoms with E-state index in [-0.39, 0.29) is 23.5 Å². The molecule has 0 spiro atoms. The van der Waals surface area contributed by atoms with Gasteiger partial charge < -0.3 is 20.7 Å². The molecule has 0 bridgehead atoms. The number of nitrogen functional groups attached to an aromatic ring is 1. The molecule has 4 atom stereocenters. The van der Waals surface area contributed by atoms with Crippen LogP contribution in [-0.2, 0) is 11.3 Å². The lowest BCUT2D eigenvalue weighted by molar-refractivity contribution is -0.0760. The van der Waals surface area contributed by atoms with Gasteiger partial charge in [0.15, 0.2) is 17.4 Å². The van der Waals surface area contributed by atoms with Crippen LogP contribution in [0.2, 0.25) is 0 Å². The van der Waals surface area contributed by atoms with Crippen LogP contribution in [0.4, 0.5) is 5.95 Å². The fourth-order valence-electron chi connectivity index (χ4n) is 3.58. The van der Waals surface area contributed by atoms with Crippen LogP contribution in [-0.4, -0.2) is 47.6 Å². The lowest BCUT2D eigenvalue weighted by atomic mass is 10.1. The van der Waals surface area contributed by atoms with E-state index in [4.69, 9.17) is 10.5 Å². The smallest absolute Gasteiger partial charge is 0.332 e. The summed E-state index contributed by atoms with van der Waals surface area (Å²) in [5, 5.41) is 20.5. The number of hydrogen-bond donors (Lipinski definition) is 4. The summed E-state index contributed by atoms with van der Waals surface area (Å²) in [5.41, 5.74) is 4.92. The Hall–Kier alpha value is -2.17. The van der Waals surface area contributed by atoms with Crippen molar-refractivity contribution >= 4 is 17.1 Å². The molecule has 4 rings (SSSR count). The summed E-state index contributed by atoms with van der Waals surface area (Å²) in [7, 11) is 0. The molecule has 0 radical (unpaired) electrons. The molecule has 142 valence electrons. The van der Waals surface area contributed by atoms with Crippen LogP contribution in [0.25, 0.3) is 11.2 Å². The minimum Gasteiger partial charge on any atom is -0.390 e. The van der Waals surface area contributed by atoms with Crippen LogP contribution in [0.3, 0.4) is 0 Å².